The molecule has 3 rings (SSSR count). The average Bonchev–Trinajstić information content (AvgIpc) is 2.36. The summed E-state index contributed by atoms with van der Waals surface area (Å²) in [5.74, 6) is 0.801. The summed E-state index contributed by atoms with van der Waals surface area (Å²) in [6.07, 6.45) is 5.01. The molecule has 2 N–H and O–H groups in total. The van der Waals surface area contributed by atoms with Gasteiger partial charge in [-0.3, -0.25) is 0 Å². The number of hydrogen-bond acceptors (Lipinski definition) is 1. The summed E-state index contributed by atoms with van der Waals surface area (Å²) in [6.45, 7) is 4.30. The van der Waals surface area contributed by atoms with Crippen LogP contribution in [0.15, 0.2) is 42.5 Å². The lowest BCUT2D eigenvalue weighted by molar-refractivity contribution is 0.419. The van der Waals surface area contributed by atoms with Crippen LogP contribution >= 0.6 is 0 Å². The minimum Gasteiger partial charge on any atom is -0.324 e. The quantitative estimate of drug-likeness (QED) is 0.853. The van der Waals surface area contributed by atoms with Crippen LogP contribution < -0.4 is 5.73 Å². The molecular weight excluding hydrogens is 254 g/mol. The summed E-state index contributed by atoms with van der Waals surface area (Å²) >= 11 is 0. The first-order chi connectivity index (χ1) is 10.1. The van der Waals surface area contributed by atoms with Crippen LogP contribution in [0.5, 0.6) is 0 Å². The van der Waals surface area contributed by atoms with Gasteiger partial charge >= 0.3 is 0 Å². The smallest absolute Gasteiger partial charge is 0.0335 e. The van der Waals surface area contributed by atoms with E-state index in [2.05, 4.69) is 56.3 Å². The van der Waals surface area contributed by atoms with Gasteiger partial charge in [-0.05, 0) is 55.7 Å². The summed E-state index contributed by atoms with van der Waals surface area (Å²) in [4.78, 5) is 0. The van der Waals surface area contributed by atoms with Crippen molar-refractivity contribution in [3.63, 3.8) is 0 Å². The third-order valence-corrected chi connectivity index (χ3v) is 4.68. The van der Waals surface area contributed by atoms with Crippen molar-refractivity contribution < 1.29 is 0 Å². The van der Waals surface area contributed by atoms with Gasteiger partial charge in [0, 0.05) is 6.04 Å². The minimum atomic E-state index is 0.0849. The molecule has 1 aliphatic rings. The maximum Gasteiger partial charge on any atom is 0.0335 e. The fraction of sp³-hybridized carbons (Fsp3) is 0.400. The van der Waals surface area contributed by atoms with E-state index in [9.17, 15) is 0 Å². The normalized spacial score (nSPS) is 16.5. The highest BCUT2D eigenvalue weighted by Crippen LogP contribution is 2.36. The lowest BCUT2D eigenvalue weighted by Gasteiger charge is -2.26. The summed E-state index contributed by atoms with van der Waals surface area (Å²) in [7, 11) is 0. The highest BCUT2D eigenvalue weighted by Gasteiger charge is 2.19. The highest BCUT2D eigenvalue weighted by atomic mass is 14.6. The van der Waals surface area contributed by atoms with Crippen LogP contribution in [0.1, 0.15) is 59.0 Å². The zero-order valence-electron chi connectivity index (χ0n) is 13.1. The fourth-order valence-electron chi connectivity index (χ4n) is 3.32. The van der Waals surface area contributed by atoms with Crippen molar-refractivity contribution in [3.05, 3.63) is 70.3 Å². The van der Waals surface area contributed by atoms with Crippen LogP contribution in [0, 0.1) is 13.8 Å². The Labute approximate surface area is 128 Å². The van der Waals surface area contributed by atoms with Gasteiger partial charge in [-0.25, -0.2) is 0 Å². The molecule has 21 heavy (non-hydrogen) atoms. The van der Waals surface area contributed by atoms with Gasteiger partial charge in [0.1, 0.15) is 0 Å². The van der Waals surface area contributed by atoms with Crippen molar-refractivity contribution in [2.24, 2.45) is 5.73 Å². The van der Waals surface area contributed by atoms with Crippen LogP contribution in [-0.2, 0) is 6.42 Å². The van der Waals surface area contributed by atoms with Crippen molar-refractivity contribution in [1.82, 2.24) is 0 Å². The number of hydrogen-bond donors (Lipinski definition) is 1. The predicted molar refractivity (Wildman–Crippen MR) is 89.6 cm³/mol. The van der Waals surface area contributed by atoms with Crippen LogP contribution in [0.25, 0.3) is 0 Å². The van der Waals surface area contributed by atoms with E-state index >= 15 is 0 Å². The van der Waals surface area contributed by atoms with Crippen LogP contribution in [0.4, 0.5) is 0 Å². The van der Waals surface area contributed by atoms with Gasteiger partial charge in [0.15, 0.2) is 0 Å². The predicted octanol–water partition coefficient (Wildman–Crippen LogP) is 4.81. The Morgan fingerprint density at radius 2 is 1.62 bits per heavy atom. The van der Waals surface area contributed by atoms with E-state index in [4.69, 9.17) is 5.73 Å². The second-order valence-corrected chi connectivity index (χ2v) is 6.60. The topological polar surface area (TPSA) is 26.0 Å². The molecule has 1 fully saturated rings. The summed E-state index contributed by atoms with van der Waals surface area (Å²) in [6, 6.07) is 15.8. The first kappa shape index (κ1) is 14.3. The standard InChI is InChI=1S/C20H25N/c1-14-10-15(2)12-16(11-14)13-20(21)19-8-6-18(7-9-19)17-4-3-5-17/h6-12,17,20H,3-5,13,21H2,1-2H3. The molecule has 0 amide bonds. The molecule has 1 heteroatoms. The Bertz CT molecular complexity index is 588. The fourth-order valence-corrected chi connectivity index (χ4v) is 3.32. The SMILES string of the molecule is Cc1cc(C)cc(CC(N)c2ccc(C3CCC3)cc2)c1. The van der Waals surface area contributed by atoms with Crippen molar-refractivity contribution in [3.8, 4) is 0 Å². The Kier molecular flexibility index (Phi) is 4.12. The molecule has 110 valence electrons. The van der Waals surface area contributed by atoms with Crippen molar-refractivity contribution >= 4 is 0 Å². The third-order valence-electron chi connectivity index (χ3n) is 4.68. The first-order valence-electron chi connectivity index (χ1n) is 8.04. The van der Waals surface area contributed by atoms with E-state index < -0.39 is 0 Å². The van der Waals surface area contributed by atoms with E-state index in [-0.39, 0.29) is 6.04 Å². The summed E-state index contributed by atoms with van der Waals surface area (Å²) in [5.41, 5.74) is 13.1. The molecule has 0 bridgehead atoms. The molecule has 1 unspecified atom stereocenters. The molecule has 2 aromatic carbocycles. The molecule has 0 saturated heterocycles. The van der Waals surface area contributed by atoms with Gasteiger partial charge in [0.05, 0.1) is 0 Å². The van der Waals surface area contributed by atoms with Gasteiger partial charge in [0.25, 0.3) is 0 Å². The molecule has 0 aliphatic heterocycles. The first-order valence-corrected chi connectivity index (χ1v) is 8.04. The molecule has 2 aromatic rings. The van der Waals surface area contributed by atoms with Crippen molar-refractivity contribution in [2.75, 3.05) is 0 Å². The molecule has 1 aliphatic carbocycles. The maximum absolute atomic E-state index is 6.40. The molecule has 0 aromatic heterocycles. The van der Waals surface area contributed by atoms with E-state index in [0.717, 1.165) is 12.3 Å². The Hall–Kier alpha value is -1.60. The monoisotopic (exact) mass is 279 g/mol. The van der Waals surface area contributed by atoms with Gasteiger partial charge in [-0.15, -0.1) is 0 Å². The maximum atomic E-state index is 6.40. The average molecular weight is 279 g/mol. The highest BCUT2D eigenvalue weighted by molar-refractivity contribution is 5.32. The van der Waals surface area contributed by atoms with Gasteiger partial charge < -0.3 is 5.73 Å². The summed E-state index contributed by atoms with van der Waals surface area (Å²) in [5, 5.41) is 0. The second-order valence-electron chi connectivity index (χ2n) is 6.60. The molecule has 0 radical (unpaired) electrons. The second kappa shape index (κ2) is 6.03. The molecule has 1 saturated carbocycles. The number of nitrogens with two attached hydrogens (primary N) is 1. The molecule has 0 heterocycles. The van der Waals surface area contributed by atoms with Gasteiger partial charge in [-0.1, -0.05) is 60.0 Å². The summed E-state index contributed by atoms with van der Waals surface area (Å²) < 4.78 is 0. The molecule has 0 spiro atoms. The molecule has 1 atom stereocenters. The van der Waals surface area contributed by atoms with Crippen LogP contribution in [0.2, 0.25) is 0 Å². The lowest BCUT2D eigenvalue weighted by Crippen LogP contribution is -2.14. The zero-order valence-corrected chi connectivity index (χ0v) is 13.1. The Morgan fingerprint density at radius 1 is 1.00 bits per heavy atom. The minimum absolute atomic E-state index is 0.0849. The van der Waals surface area contributed by atoms with Gasteiger partial charge in [0.2, 0.25) is 0 Å². The van der Waals surface area contributed by atoms with E-state index in [1.165, 1.54) is 47.1 Å². The third kappa shape index (κ3) is 3.36. The van der Waals surface area contributed by atoms with Crippen molar-refractivity contribution in [1.29, 1.82) is 0 Å². The zero-order chi connectivity index (χ0) is 14.8. The molecule has 1 nitrogen and oxygen atoms in total. The van der Waals surface area contributed by atoms with E-state index in [1.54, 1.807) is 0 Å². The lowest BCUT2D eigenvalue weighted by atomic mass is 9.80. The van der Waals surface area contributed by atoms with E-state index in [0.29, 0.717) is 0 Å². The number of benzene rings is 2. The van der Waals surface area contributed by atoms with Gasteiger partial charge in [-0.2, -0.15) is 0 Å². The Balaban J connectivity index is 1.70. The number of aryl methyl sites for hydroxylation is 2. The Morgan fingerprint density at radius 3 is 2.14 bits per heavy atom. The van der Waals surface area contributed by atoms with E-state index in [1.807, 2.05) is 0 Å². The van der Waals surface area contributed by atoms with Crippen molar-refractivity contribution in [2.45, 2.75) is 51.5 Å². The molecular formula is C20H25N. The van der Waals surface area contributed by atoms with Crippen LogP contribution in [0.3, 0.4) is 0 Å². The van der Waals surface area contributed by atoms with Crippen LogP contribution in [-0.4, -0.2) is 0 Å². The number of rotatable bonds is 4. The largest absolute Gasteiger partial charge is 0.324 e.